The van der Waals surface area contributed by atoms with Gasteiger partial charge in [-0.15, -0.1) is 0 Å². The van der Waals surface area contributed by atoms with E-state index in [1.54, 1.807) is 0 Å². The highest BCUT2D eigenvalue weighted by molar-refractivity contribution is 5.99. The number of pyridine rings is 1. The van der Waals surface area contributed by atoms with Crippen molar-refractivity contribution < 1.29 is 9.53 Å². The number of fused-ring (bicyclic) bond motifs is 1. The van der Waals surface area contributed by atoms with Gasteiger partial charge in [0.2, 0.25) is 0 Å². The summed E-state index contributed by atoms with van der Waals surface area (Å²) >= 11 is 0. The molecule has 2 heterocycles. The number of nitrogens with zero attached hydrogens (tertiary/aromatic N) is 2. The molecule has 1 N–H and O–H groups in total. The second-order valence-electron chi connectivity index (χ2n) is 9.72. The van der Waals surface area contributed by atoms with Gasteiger partial charge >= 0.3 is 5.97 Å². The zero-order chi connectivity index (χ0) is 20.9. The van der Waals surface area contributed by atoms with Crippen molar-refractivity contribution in [3.05, 3.63) is 53.9 Å². The Morgan fingerprint density at radius 3 is 2.70 bits per heavy atom. The minimum absolute atomic E-state index is 0.335. The molecule has 3 aromatic rings. The molecule has 5 rings (SSSR count). The van der Waals surface area contributed by atoms with Crippen LogP contribution in [0, 0.1) is 5.92 Å². The van der Waals surface area contributed by atoms with Gasteiger partial charge in [0, 0.05) is 30.0 Å². The molecule has 2 fully saturated rings. The summed E-state index contributed by atoms with van der Waals surface area (Å²) in [5.74, 6) is 1.55. The minimum atomic E-state index is -0.552. The van der Waals surface area contributed by atoms with Crippen LogP contribution in [0.25, 0.3) is 10.9 Å². The number of ether oxygens (including phenoxy) is 1. The third-order valence-electron chi connectivity index (χ3n) is 5.79. The summed E-state index contributed by atoms with van der Waals surface area (Å²) < 4.78 is 8.01. The van der Waals surface area contributed by atoms with Gasteiger partial charge in [0.15, 0.2) is 0 Å². The second-order valence-corrected chi connectivity index (χ2v) is 9.72. The Morgan fingerprint density at radius 1 is 1.20 bits per heavy atom. The van der Waals surface area contributed by atoms with Crippen molar-refractivity contribution in [1.82, 2.24) is 9.55 Å². The summed E-state index contributed by atoms with van der Waals surface area (Å²) in [5.41, 5.74) is 3.24. The average molecular weight is 404 g/mol. The first-order valence-corrected chi connectivity index (χ1v) is 11.0. The minimum Gasteiger partial charge on any atom is -0.456 e. The molecule has 0 unspecified atom stereocenters. The predicted molar refractivity (Wildman–Crippen MR) is 119 cm³/mol. The number of benzene rings is 1. The van der Waals surface area contributed by atoms with Crippen LogP contribution in [-0.2, 0) is 11.3 Å². The number of hydrogen-bond acceptors (Lipinski definition) is 4. The smallest absolute Gasteiger partial charge is 0.342 e. The molecule has 0 saturated heterocycles. The van der Waals surface area contributed by atoms with Crippen LogP contribution in [0.3, 0.4) is 0 Å². The monoisotopic (exact) mass is 403 g/mol. The van der Waals surface area contributed by atoms with E-state index in [1.165, 1.54) is 18.4 Å². The maximum Gasteiger partial charge on any atom is 0.342 e. The molecule has 0 amide bonds. The first kappa shape index (κ1) is 19.2. The van der Waals surface area contributed by atoms with Gasteiger partial charge in [0.05, 0.1) is 5.52 Å². The van der Waals surface area contributed by atoms with Gasteiger partial charge in [-0.1, -0.05) is 6.07 Å². The molecule has 5 nitrogen and oxygen atoms in total. The maximum atomic E-state index is 13.0. The van der Waals surface area contributed by atoms with E-state index < -0.39 is 5.60 Å². The molecule has 0 spiro atoms. The SMILES string of the molecule is CC(C)(C)OC(=O)c1cc(C2CC2)cnc1Nc1cccc2c1ccn2CC1CC1. The fourth-order valence-electron chi connectivity index (χ4n) is 3.91. The molecule has 2 saturated carbocycles. The van der Waals surface area contributed by atoms with E-state index in [4.69, 9.17) is 4.74 Å². The number of anilines is 2. The standard InChI is InChI=1S/C25H29N3O2/c1-25(2,3)30-24(29)20-13-18(17-9-10-17)14-26-23(20)27-21-5-4-6-22-19(21)11-12-28(22)15-16-7-8-16/h4-6,11-14,16-17H,7-10,15H2,1-3H3,(H,26,27). The number of nitrogens with one attached hydrogen (secondary N) is 1. The number of esters is 1. The predicted octanol–water partition coefficient (Wildman–Crippen LogP) is 6.02. The van der Waals surface area contributed by atoms with Gasteiger partial charge in [-0.3, -0.25) is 0 Å². The van der Waals surface area contributed by atoms with E-state index in [0.29, 0.717) is 17.3 Å². The lowest BCUT2D eigenvalue weighted by Gasteiger charge is -2.21. The lowest BCUT2D eigenvalue weighted by molar-refractivity contribution is 0.00702. The molecule has 0 atom stereocenters. The van der Waals surface area contributed by atoms with Gasteiger partial charge in [0.25, 0.3) is 0 Å². The molecule has 30 heavy (non-hydrogen) atoms. The van der Waals surface area contributed by atoms with Crippen LogP contribution in [0.5, 0.6) is 0 Å². The molecular weight excluding hydrogens is 374 g/mol. The molecule has 2 aliphatic rings. The summed E-state index contributed by atoms with van der Waals surface area (Å²) in [6.07, 6.45) is 9.03. The Labute approximate surface area is 177 Å². The second kappa shape index (κ2) is 7.15. The normalized spacial score (nSPS) is 16.6. The Balaban J connectivity index is 1.49. The zero-order valence-electron chi connectivity index (χ0n) is 17.9. The van der Waals surface area contributed by atoms with Crippen LogP contribution in [0.4, 0.5) is 11.5 Å². The van der Waals surface area contributed by atoms with E-state index in [-0.39, 0.29) is 5.97 Å². The number of hydrogen-bond donors (Lipinski definition) is 1. The van der Waals surface area contributed by atoms with E-state index in [0.717, 1.165) is 41.9 Å². The number of rotatable bonds is 6. The van der Waals surface area contributed by atoms with Gasteiger partial charge in [0.1, 0.15) is 17.0 Å². The van der Waals surface area contributed by atoms with Crippen molar-refractivity contribution >= 4 is 28.4 Å². The number of aromatic nitrogens is 2. The van der Waals surface area contributed by atoms with Gasteiger partial charge in [-0.25, -0.2) is 9.78 Å². The largest absolute Gasteiger partial charge is 0.456 e. The lowest BCUT2D eigenvalue weighted by atomic mass is 10.1. The summed E-state index contributed by atoms with van der Waals surface area (Å²) in [6.45, 7) is 6.74. The Morgan fingerprint density at radius 2 is 2.00 bits per heavy atom. The molecule has 156 valence electrons. The highest BCUT2D eigenvalue weighted by Crippen LogP contribution is 2.41. The Bertz CT molecular complexity index is 1100. The van der Waals surface area contributed by atoms with Crippen molar-refractivity contribution in [1.29, 1.82) is 0 Å². The van der Waals surface area contributed by atoms with Crippen molar-refractivity contribution in [2.75, 3.05) is 5.32 Å². The molecular formula is C25H29N3O2. The van der Waals surface area contributed by atoms with Crippen molar-refractivity contribution in [3.8, 4) is 0 Å². The van der Waals surface area contributed by atoms with Crippen LogP contribution in [-0.4, -0.2) is 21.1 Å². The third kappa shape index (κ3) is 4.07. The Hall–Kier alpha value is -2.82. The van der Waals surface area contributed by atoms with Crippen LogP contribution in [0.1, 0.15) is 68.3 Å². The first-order valence-electron chi connectivity index (χ1n) is 11.0. The van der Waals surface area contributed by atoms with Gasteiger partial charge in [-0.05, 0) is 88.1 Å². The molecule has 5 heteroatoms. The van der Waals surface area contributed by atoms with E-state index in [2.05, 4.69) is 39.3 Å². The van der Waals surface area contributed by atoms with E-state index in [1.807, 2.05) is 39.1 Å². The summed E-state index contributed by atoms with van der Waals surface area (Å²) in [5, 5.41) is 4.57. The maximum absolute atomic E-state index is 13.0. The van der Waals surface area contributed by atoms with Crippen molar-refractivity contribution in [2.24, 2.45) is 5.92 Å². The van der Waals surface area contributed by atoms with E-state index >= 15 is 0 Å². The molecule has 2 aliphatic carbocycles. The molecule has 2 aromatic heterocycles. The van der Waals surface area contributed by atoms with Crippen LogP contribution >= 0.6 is 0 Å². The fraction of sp³-hybridized carbons (Fsp3) is 0.440. The van der Waals surface area contributed by atoms with E-state index in [9.17, 15) is 4.79 Å². The van der Waals surface area contributed by atoms with Crippen molar-refractivity contribution in [3.63, 3.8) is 0 Å². The summed E-state index contributed by atoms with van der Waals surface area (Å²) in [7, 11) is 0. The van der Waals surface area contributed by atoms with Gasteiger partial charge < -0.3 is 14.6 Å². The van der Waals surface area contributed by atoms with Gasteiger partial charge in [-0.2, -0.15) is 0 Å². The zero-order valence-corrected chi connectivity index (χ0v) is 17.9. The lowest BCUT2D eigenvalue weighted by Crippen LogP contribution is -2.24. The molecule has 0 radical (unpaired) electrons. The molecule has 0 bridgehead atoms. The third-order valence-corrected chi connectivity index (χ3v) is 5.79. The Kier molecular flexibility index (Phi) is 4.57. The highest BCUT2D eigenvalue weighted by atomic mass is 16.6. The quantitative estimate of drug-likeness (QED) is 0.511. The molecule has 0 aliphatic heterocycles. The van der Waals surface area contributed by atoms with Crippen LogP contribution in [0.15, 0.2) is 42.7 Å². The summed E-state index contributed by atoms with van der Waals surface area (Å²) in [4.78, 5) is 17.6. The summed E-state index contributed by atoms with van der Waals surface area (Å²) in [6, 6.07) is 10.4. The van der Waals surface area contributed by atoms with Crippen LogP contribution < -0.4 is 5.32 Å². The molecule has 1 aromatic carbocycles. The number of carbonyl (C=O) groups is 1. The highest BCUT2D eigenvalue weighted by Gasteiger charge is 2.28. The topological polar surface area (TPSA) is 56.1 Å². The fourth-order valence-corrected chi connectivity index (χ4v) is 3.91. The number of carbonyl (C=O) groups excluding carboxylic acids is 1. The van der Waals surface area contributed by atoms with Crippen LogP contribution in [0.2, 0.25) is 0 Å². The van der Waals surface area contributed by atoms with Crippen molar-refractivity contribution in [2.45, 2.75) is 64.5 Å². The first-order chi connectivity index (χ1) is 14.4. The average Bonchev–Trinajstić information content (AvgIpc) is 3.60.